The molecule has 0 saturated heterocycles. The number of hydrogen-bond donors (Lipinski definition) is 3. The second kappa shape index (κ2) is 5.87. The zero-order valence-corrected chi connectivity index (χ0v) is 10.0. The first-order valence-corrected chi connectivity index (χ1v) is 5.63. The van der Waals surface area contributed by atoms with Gasteiger partial charge in [-0.15, -0.1) is 0 Å². The zero-order chi connectivity index (χ0) is 12.0. The molecule has 0 fully saturated rings. The summed E-state index contributed by atoms with van der Waals surface area (Å²) in [5, 5.41) is 21.4. The summed E-state index contributed by atoms with van der Waals surface area (Å²) >= 11 is 0. The van der Waals surface area contributed by atoms with Crippen LogP contribution in [0.2, 0.25) is 0 Å². The lowest BCUT2D eigenvalue weighted by Gasteiger charge is -2.23. The van der Waals surface area contributed by atoms with Crippen molar-refractivity contribution in [3.05, 3.63) is 29.8 Å². The highest BCUT2D eigenvalue weighted by Gasteiger charge is 2.15. The summed E-state index contributed by atoms with van der Waals surface area (Å²) in [4.78, 5) is 0. The van der Waals surface area contributed by atoms with Gasteiger partial charge in [-0.2, -0.15) is 0 Å². The monoisotopic (exact) mass is 223 g/mol. The third kappa shape index (κ3) is 4.64. The zero-order valence-electron chi connectivity index (χ0n) is 10.0. The maximum absolute atomic E-state index is 9.13. The van der Waals surface area contributed by atoms with E-state index in [1.54, 1.807) is 12.1 Å². The van der Waals surface area contributed by atoms with Crippen LogP contribution >= 0.6 is 0 Å². The Morgan fingerprint density at radius 2 is 1.81 bits per heavy atom. The Hall–Kier alpha value is -1.06. The van der Waals surface area contributed by atoms with Gasteiger partial charge in [0.2, 0.25) is 0 Å². The van der Waals surface area contributed by atoms with Gasteiger partial charge >= 0.3 is 0 Å². The Morgan fingerprint density at radius 3 is 2.38 bits per heavy atom. The third-order valence-corrected chi connectivity index (χ3v) is 2.66. The Kier molecular flexibility index (Phi) is 4.77. The summed E-state index contributed by atoms with van der Waals surface area (Å²) in [6.07, 6.45) is 0.801. The molecular weight excluding hydrogens is 202 g/mol. The quantitative estimate of drug-likeness (QED) is 0.690. The number of phenolic OH excluding ortho intramolecular Hbond substituents is 1. The molecule has 3 nitrogen and oxygen atoms in total. The number of benzene rings is 1. The number of aliphatic hydroxyl groups excluding tert-OH is 1. The first kappa shape index (κ1) is 13.0. The normalized spacial score (nSPS) is 11.7. The summed E-state index contributed by atoms with van der Waals surface area (Å²) in [7, 11) is 0. The molecular formula is C13H21NO2. The van der Waals surface area contributed by atoms with E-state index in [1.807, 2.05) is 12.1 Å². The van der Waals surface area contributed by atoms with Crippen LogP contribution in [0, 0.1) is 5.41 Å². The Labute approximate surface area is 97.1 Å². The van der Waals surface area contributed by atoms with Gasteiger partial charge in [-0.3, -0.25) is 0 Å². The predicted octanol–water partition coefficient (Wildman–Crippen LogP) is 1.89. The molecule has 0 aliphatic rings. The average molecular weight is 223 g/mol. The van der Waals surface area contributed by atoms with Crippen molar-refractivity contribution in [3.8, 4) is 5.75 Å². The second-order valence-electron chi connectivity index (χ2n) is 4.91. The van der Waals surface area contributed by atoms with Gasteiger partial charge in [0.25, 0.3) is 0 Å². The van der Waals surface area contributed by atoms with Crippen LogP contribution in [0.5, 0.6) is 5.75 Å². The lowest BCUT2D eigenvalue weighted by molar-refractivity contribution is 0.207. The van der Waals surface area contributed by atoms with Crippen LogP contribution in [0.25, 0.3) is 0 Å². The molecule has 0 aromatic heterocycles. The lowest BCUT2D eigenvalue weighted by atomic mass is 9.90. The Morgan fingerprint density at radius 1 is 1.19 bits per heavy atom. The molecule has 0 unspecified atom stereocenters. The van der Waals surface area contributed by atoms with Gasteiger partial charge in [0.15, 0.2) is 0 Å². The molecule has 1 aromatic rings. The van der Waals surface area contributed by atoms with Crippen molar-refractivity contribution >= 4 is 0 Å². The molecule has 0 saturated carbocycles. The van der Waals surface area contributed by atoms with E-state index in [-0.39, 0.29) is 12.0 Å². The Balaban J connectivity index is 2.32. The summed E-state index contributed by atoms with van der Waals surface area (Å²) in [5.74, 6) is 0.296. The van der Waals surface area contributed by atoms with Gasteiger partial charge in [0.1, 0.15) is 5.75 Å². The van der Waals surface area contributed by atoms with E-state index in [2.05, 4.69) is 19.2 Å². The smallest absolute Gasteiger partial charge is 0.115 e. The average Bonchev–Trinajstić information content (AvgIpc) is 2.20. The van der Waals surface area contributed by atoms with Crippen molar-refractivity contribution in [1.82, 2.24) is 5.32 Å². The minimum Gasteiger partial charge on any atom is -0.508 e. The van der Waals surface area contributed by atoms with Crippen LogP contribution in [0.4, 0.5) is 0 Å². The van der Waals surface area contributed by atoms with Crippen molar-refractivity contribution in [3.63, 3.8) is 0 Å². The maximum Gasteiger partial charge on any atom is 0.115 e. The molecule has 1 aromatic carbocycles. The molecule has 0 radical (unpaired) electrons. The van der Waals surface area contributed by atoms with Crippen LogP contribution in [-0.2, 0) is 6.54 Å². The summed E-state index contributed by atoms with van der Waals surface area (Å²) in [6, 6.07) is 7.19. The van der Waals surface area contributed by atoms with E-state index in [1.165, 1.54) is 0 Å². The van der Waals surface area contributed by atoms with Crippen LogP contribution in [0.1, 0.15) is 25.8 Å². The van der Waals surface area contributed by atoms with E-state index < -0.39 is 0 Å². The number of aromatic hydroxyl groups is 1. The van der Waals surface area contributed by atoms with Crippen molar-refractivity contribution in [2.75, 3.05) is 13.2 Å². The number of phenols is 1. The van der Waals surface area contributed by atoms with Gasteiger partial charge in [-0.1, -0.05) is 26.0 Å². The van der Waals surface area contributed by atoms with E-state index in [0.717, 1.165) is 25.1 Å². The van der Waals surface area contributed by atoms with Gasteiger partial charge in [0, 0.05) is 19.7 Å². The predicted molar refractivity (Wildman–Crippen MR) is 65.3 cm³/mol. The molecule has 3 N–H and O–H groups in total. The highest BCUT2D eigenvalue weighted by Crippen LogP contribution is 2.18. The van der Waals surface area contributed by atoms with Crippen molar-refractivity contribution < 1.29 is 10.2 Å². The van der Waals surface area contributed by atoms with Gasteiger partial charge in [-0.25, -0.2) is 0 Å². The fraction of sp³-hybridized carbons (Fsp3) is 0.538. The summed E-state index contributed by atoms with van der Waals surface area (Å²) in [6.45, 7) is 6.15. The van der Waals surface area contributed by atoms with E-state index >= 15 is 0 Å². The van der Waals surface area contributed by atoms with Crippen LogP contribution in [0.15, 0.2) is 24.3 Å². The standard InChI is InChI=1S/C13H21NO2/c1-13(2,7-8-15)10-14-9-11-3-5-12(16)6-4-11/h3-6,14-16H,7-10H2,1-2H3. The van der Waals surface area contributed by atoms with Crippen molar-refractivity contribution in [1.29, 1.82) is 0 Å². The number of aliphatic hydroxyl groups is 1. The molecule has 0 spiro atoms. The summed E-state index contributed by atoms with van der Waals surface area (Å²) < 4.78 is 0. The topological polar surface area (TPSA) is 52.5 Å². The van der Waals surface area contributed by atoms with Crippen molar-refractivity contribution in [2.45, 2.75) is 26.8 Å². The third-order valence-electron chi connectivity index (χ3n) is 2.66. The second-order valence-corrected chi connectivity index (χ2v) is 4.91. The molecule has 0 amide bonds. The largest absolute Gasteiger partial charge is 0.508 e. The maximum atomic E-state index is 9.13. The van der Waals surface area contributed by atoms with Gasteiger partial charge in [-0.05, 0) is 29.5 Å². The molecule has 0 bridgehead atoms. The van der Waals surface area contributed by atoms with E-state index in [4.69, 9.17) is 10.2 Å². The van der Waals surface area contributed by atoms with E-state index in [0.29, 0.717) is 5.75 Å². The van der Waals surface area contributed by atoms with E-state index in [9.17, 15) is 0 Å². The minimum absolute atomic E-state index is 0.117. The SMILES string of the molecule is CC(C)(CCO)CNCc1ccc(O)cc1. The molecule has 16 heavy (non-hydrogen) atoms. The minimum atomic E-state index is 0.117. The van der Waals surface area contributed by atoms with Crippen LogP contribution < -0.4 is 5.32 Å². The van der Waals surface area contributed by atoms with Gasteiger partial charge in [0.05, 0.1) is 0 Å². The molecule has 0 heterocycles. The number of nitrogens with one attached hydrogen (secondary N) is 1. The van der Waals surface area contributed by atoms with Gasteiger partial charge < -0.3 is 15.5 Å². The van der Waals surface area contributed by atoms with Crippen molar-refractivity contribution in [2.24, 2.45) is 5.41 Å². The van der Waals surface area contributed by atoms with Crippen LogP contribution in [0.3, 0.4) is 0 Å². The molecule has 90 valence electrons. The van der Waals surface area contributed by atoms with Crippen LogP contribution in [-0.4, -0.2) is 23.4 Å². The Bertz CT molecular complexity index is 306. The molecule has 0 atom stereocenters. The highest BCUT2D eigenvalue weighted by molar-refractivity contribution is 5.25. The molecule has 1 rings (SSSR count). The highest BCUT2D eigenvalue weighted by atomic mass is 16.3. The fourth-order valence-electron chi connectivity index (χ4n) is 1.55. The summed E-state index contributed by atoms with van der Waals surface area (Å²) in [5.41, 5.74) is 1.27. The number of rotatable bonds is 6. The molecule has 3 heteroatoms. The number of hydrogen-bond acceptors (Lipinski definition) is 3. The fourth-order valence-corrected chi connectivity index (χ4v) is 1.55. The first-order chi connectivity index (χ1) is 7.53. The lowest BCUT2D eigenvalue weighted by Crippen LogP contribution is -2.29. The molecule has 0 aliphatic heterocycles. The molecule has 0 aliphatic carbocycles. The first-order valence-electron chi connectivity index (χ1n) is 5.63.